The van der Waals surface area contributed by atoms with Crippen LogP contribution in [0, 0.1) is 6.92 Å². The summed E-state index contributed by atoms with van der Waals surface area (Å²) in [7, 11) is 0. The average molecular weight is 229 g/mol. The third-order valence-electron chi connectivity index (χ3n) is 2.26. The lowest BCUT2D eigenvalue weighted by Crippen LogP contribution is -1.97. The van der Waals surface area contributed by atoms with Crippen LogP contribution in [0.5, 0.6) is 11.6 Å². The van der Waals surface area contributed by atoms with Gasteiger partial charge in [0, 0.05) is 11.8 Å². The predicted molar refractivity (Wildman–Crippen MR) is 62.4 cm³/mol. The molecule has 0 amide bonds. The van der Waals surface area contributed by atoms with Crippen molar-refractivity contribution in [3.05, 3.63) is 53.7 Å². The molecule has 0 bridgehead atoms. The number of benzene rings is 1. The van der Waals surface area contributed by atoms with E-state index < -0.39 is 5.97 Å². The molecule has 4 heteroatoms. The fraction of sp³-hybridized carbons (Fsp3) is 0.0769. The van der Waals surface area contributed by atoms with Crippen molar-refractivity contribution < 1.29 is 14.6 Å². The normalized spacial score (nSPS) is 9.94. The molecule has 1 aromatic carbocycles. The van der Waals surface area contributed by atoms with Gasteiger partial charge >= 0.3 is 5.97 Å². The Morgan fingerprint density at radius 3 is 2.82 bits per heavy atom. The van der Waals surface area contributed by atoms with Gasteiger partial charge in [-0.2, -0.15) is 0 Å². The molecule has 0 spiro atoms. The van der Waals surface area contributed by atoms with Crippen LogP contribution in [0.15, 0.2) is 42.6 Å². The lowest BCUT2D eigenvalue weighted by molar-refractivity contribution is 0.0696. The first kappa shape index (κ1) is 11.1. The molecule has 1 heterocycles. The molecule has 0 aliphatic rings. The maximum Gasteiger partial charge on any atom is 0.335 e. The van der Waals surface area contributed by atoms with Crippen LogP contribution < -0.4 is 4.74 Å². The summed E-state index contributed by atoms with van der Waals surface area (Å²) in [5.41, 5.74) is 1.09. The first-order chi connectivity index (χ1) is 8.16. The van der Waals surface area contributed by atoms with Gasteiger partial charge < -0.3 is 9.84 Å². The van der Waals surface area contributed by atoms with Crippen molar-refractivity contribution in [1.29, 1.82) is 0 Å². The van der Waals surface area contributed by atoms with Crippen molar-refractivity contribution >= 4 is 5.97 Å². The van der Waals surface area contributed by atoms with Crippen molar-refractivity contribution in [3.63, 3.8) is 0 Å². The van der Waals surface area contributed by atoms with E-state index in [1.807, 2.05) is 19.1 Å². The van der Waals surface area contributed by atoms with Gasteiger partial charge in [0.25, 0.3) is 0 Å². The molecule has 0 unspecified atom stereocenters. The second-order valence-corrected chi connectivity index (χ2v) is 3.56. The Hall–Kier alpha value is -2.36. The third kappa shape index (κ3) is 2.60. The van der Waals surface area contributed by atoms with E-state index in [4.69, 9.17) is 9.84 Å². The number of rotatable bonds is 3. The van der Waals surface area contributed by atoms with Crippen LogP contribution in [0.25, 0.3) is 0 Å². The minimum atomic E-state index is -0.979. The largest absolute Gasteiger partial charge is 0.478 e. The number of pyridine rings is 1. The molecule has 0 aliphatic carbocycles. The highest BCUT2D eigenvalue weighted by atomic mass is 16.5. The summed E-state index contributed by atoms with van der Waals surface area (Å²) in [5, 5.41) is 8.86. The van der Waals surface area contributed by atoms with Crippen LogP contribution in [-0.2, 0) is 0 Å². The lowest BCUT2D eigenvalue weighted by atomic mass is 10.2. The van der Waals surface area contributed by atoms with Crippen molar-refractivity contribution in [2.24, 2.45) is 0 Å². The topological polar surface area (TPSA) is 59.4 Å². The molecule has 0 saturated carbocycles. The third-order valence-corrected chi connectivity index (χ3v) is 2.26. The van der Waals surface area contributed by atoms with Crippen molar-refractivity contribution in [3.8, 4) is 11.6 Å². The van der Waals surface area contributed by atoms with Crippen molar-refractivity contribution in [2.45, 2.75) is 6.92 Å². The summed E-state index contributed by atoms with van der Waals surface area (Å²) in [6.07, 6.45) is 1.63. The number of hydrogen-bond acceptors (Lipinski definition) is 3. The van der Waals surface area contributed by atoms with Crippen molar-refractivity contribution in [1.82, 2.24) is 4.98 Å². The van der Waals surface area contributed by atoms with E-state index in [-0.39, 0.29) is 5.56 Å². The quantitative estimate of drug-likeness (QED) is 0.879. The summed E-state index contributed by atoms with van der Waals surface area (Å²) >= 11 is 0. The lowest BCUT2D eigenvalue weighted by Gasteiger charge is -2.07. The molecular weight excluding hydrogens is 218 g/mol. The first-order valence-corrected chi connectivity index (χ1v) is 5.09. The van der Waals surface area contributed by atoms with Crippen LogP contribution in [0.1, 0.15) is 15.9 Å². The summed E-state index contributed by atoms with van der Waals surface area (Å²) in [5.74, 6) is -0.0325. The number of carboxylic acid groups (broad SMARTS) is 1. The second kappa shape index (κ2) is 4.65. The number of aromatic carboxylic acids is 1. The summed E-state index contributed by atoms with van der Waals surface area (Å²) < 4.78 is 5.53. The molecule has 86 valence electrons. The van der Waals surface area contributed by atoms with Gasteiger partial charge in [0.1, 0.15) is 5.75 Å². The zero-order valence-electron chi connectivity index (χ0n) is 9.25. The number of aromatic nitrogens is 1. The van der Waals surface area contributed by atoms with Gasteiger partial charge in [0.15, 0.2) is 0 Å². The van der Waals surface area contributed by atoms with Crippen LogP contribution in [0.3, 0.4) is 0 Å². The Balaban J connectivity index is 2.28. The Morgan fingerprint density at radius 2 is 2.12 bits per heavy atom. The molecule has 1 N–H and O–H groups in total. The fourth-order valence-electron chi connectivity index (χ4n) is 1.38. The molecule has 2 rings (SSSR count). The molecule has 0 fully saturated rings. The van der Waals surface area contributed by atoms with Crippen LogP contribution in [0.4, 0.5) is 0 Å². The Morgan fingerprint density at radius 1 is 1.29 bits per heavy atom. The van der Waals surface area contributed by atoms with E-state index in [2.05, 4.69) is 4.98 Å². The smallest absolute Gasteiger partial charge is 0.335 e. The fourth-order valence-corrected chi connectivity index (χ4v) is 1.38. The zero-order valence-corrected chi connectivity index (χ0v) is 9.25. The number of hydrogen-bond donors (Lipinski definition) is 1. The predicted octanol–water partition coefficient (Wildman–Crippen LogP) is 2.88. The van der Waals surface area contributed by atoms with Gasteiger partial charge in [-0.1, -0.05) is 12.1 Å². The molecule has 0 saturated heterocycles. The SMILES string of the molecule is Cc1cccnc1Oc1cccc(C(=O)O)c1. The maximum atomic E-state index is 10.8. The Kier molecular flexibility index (Phi) is 3.05. The van der Waals surface area contributed by atoms with Gasteiger partial charge in [-0.15, -0.1) is 0 Å². The first-order valence-electron chi connectivity index (χ1n) is 5.09. The maximum absolute atomic E-state index is 10.8. The molecule has 0 aliphatic heterocycles. The molecule has 0 radical (unpaired) electrons. The van der Waals surface area contributed by atoms with E-state index in [0.29, 0.717) is 11.6 Å². The number of nitrogens with zero attached hydrogens (tertiary/aromatic N) is 1. The molecule has 4 nitrogen and oxygen atoms in total. The Labute approximate surface area is 98.5 Å². The van der Waals surface area contributed by atoms with E-state index in [1.54, 1.807) is 18.3 Å². The van der Waals surface area contributed by atoms with Gasteiger partial charge in [-0.3, -0.25) is 0 Å². The number of aryl methyl sites for hydroxylation is 1. The minimum Gasteiger partial charge on any atom is -0.478 e. The average Bonchev–Trinajstić information content (AvgIpc) is 2.32. The summed E-state index contributed by atoms with van der Waals surface area (Å²) in [6.45, 7) is 1.88. The van der Waals surface area contributed by atoms with E-state index in [0.717, 1.165) is 5.56 Å². The van der Waals surface area contributed by atoms with Crippen LogP contribution >= 0.6 is 0 Å². The van der Waals surface area contributed by atoms with E-state index in [9.17, 15) is 4.79 Å². The standard InChI is InChI=1S/C13H11NO3/c1-9-4-3-7-14-12(9)17-11-6-2-5-10(8-11)13(15)16/h2-8H,1H3,(H,15,16). The van der Waals surface area contributed by atoms with Crippen LogP contribution in [0.2, 0.25) is 0 Å². The minimum absolute atomic E-state index is 0.191. The Bertz CT molecular complexity index is 552. The number of ether oxygens (including phenoxy) is 1. The molecule has 17 heavy (non-hydrogen) atoms. The highest BCUT2D eigenvalue weighted by molar-refractivity contribution is 5.88. The van der Waals surface area contributed by atoms with Gasteiger partial charge in [0.05, 0.1) is 5.56 Å². The van der Waals surface area contributed by atoms with Gasteiger partial charge in [-0.05, 0) is 31.2 Å². The highest BCUT2D eigenvalue weighted by Gasteiger charge is 2.06. The summed E-state index contributed by atoms with van der Waals surface area (Å²) in [4.78, 5) is 14.9. The van der Waals surface area contributed by atoms with E-state index >= 15 is 0 Å². The van der Waals surface area contributed by atoms with Crippen LogP contribution in [-0.4, -0.2) is 16.1 Å². The van der Waals surface area contributed by atoms with Gasteiger partial charge in [-0.25, -0.2) is 9.78 Å². The molecule has 0 atom stereocenters. The van der Waals surface area contributed by atoms with Gasteiger partial charge in [0.2, 0.25) is 5.88 Å². The highest BCUT2D eigenvalue weighted by Crippen LogP contribution is 2.22. The molecule has 1 aromatic heterocycles. The second-order valence-electron chi connectivity index (χ2n) is 3.56. The summed E-state index contributed by atoms with van der Waals surface area (Å²) in [6, 6.07) is 10.0. The monoisotopic (exact) mass is 229 g/mol. The number of carbonyl (C=O) groups is 1. The zero-order chi connectivity index (χ0) is 12.3. The molecule has 2 aromatic rings. The molecular formula is C13H11NO3. The van der Waals surface area contributed by atoms with Crippen molar-refractivity contribution in [2.75, 3.05) is 0 Å². The number of carboxylic acids is 1. The van der Waals surface area contributed by atoms with E-state index in [1.165, 1.54) is 12.1 Å².